The zero-order valence-corrected chi connectivity index (χ0v) is 13.5. The van der Waals surface area contributed by atoms with Crippen LogP contribution in [0.3, 0.4) is 0 Å². The number of aliphatic imine (C=N–C) groups is 1. The summed E-state index contributed by atoms with van der Waals surface area (Å²) in [6.45, 7) is 3.65. The summed E-state index contributed by atoms with van der Waals surface area (Å²) >= 11 is 0. The van der Waals surface area contributed by atoms with E-state index in [1.54, 1.807) is 0 Å². The number of hydrogen-bond acceptors (Lipinski definition) is 3. The first-order valence-electron chi connectivity index (χ1n) is 8.15. The zero-order chi connectivity index (χ0) is 15.5. The van der Waals surface area contributed by atoms with Crippen molar-refractivity contribution in [2.45, 2.75) is 44.3 Å². The van der Waals surface area contributed by atoms with E-state index in [9.17, 15) is 0 Å². The van der Waals surface area contributed by atoms with E-state index in [1.165, 1.54) is 12.8 Å². The van der Waals surface area contributed by atoms with Crippen LogP contribution in [0.25, 0.3) is 0 Å². The molecule has 2 atom stereocenters. The maximum absolute atomic E-state index is 6.08. The molecule has 5 heteroatoms. The highest BCUT2D eigenvalue weighted by Gasteiger charge is 2.29. The van der Waals surface area contributed by atoms with Crippen LogP contribution in [0.15, 0.2) is 29.3 Å². The molecule has 120 valence electrons. The van der Waals surface area contributed by atoms with E-state index < -0.39 is 0 Å². The second-order valence-electron chi connectivity index (χ2n) is 6.34. The van der Waals surface area contributed by atoms with Crippen LogP contribution in [-0.2, 0) is 0 Å². The molecule has 5 nitrogen and oxygen atoms in total. The first kappa shape index (κ1) is 15.2. The van der Waals surface area contributed by atoms with Gasteiger partial charge in [-0.15, -0.1) is 0 Å². The van der Waals surface area contributed by atoms with Gasteiger partial charge in [0, 0.05) is 24.1 Å². The SMILES string of the molecule is CC(CN=C(N)NC1CCOc2ccccc21)N(C)C1CC1. The molecule has 1 aliphatic heterocycles. The first-order chi connectivity index (χ1) is 10.6. The van der Waals surface area contributed by atoms with Crippen LogP contribution in [0.1, 0.15) is 37.8 Å². The summed E-state index contributed by atoms with van der Waals surface area (Å²) in [6.07, 6.45) is 3.54. The van der Waals surface area contributed by atoms with Crippen LogP contribution < -0.4 is 15.8 Å². The lowest BCUT2D eigenvalue weighted by atomic mass is 10.0. The van der Waals surface area contributed by atoms with Gasteiger partial charge in [0.1, 0.15) is 5.75 Å². The summed E-state index contributed by atoms with van der Waals surface area (Å²) in [4.78, 5) is 6.93. The molecule has 3 N–H and O–H groups in total. The van der Waals surface area contributed by atoms with Crippen LogP contribution >= 0.6 is 0 Å². The Morgan fingerprint density at radius 2 is 2.18 bits per heavy atom. The predicted molar refractivity (Wildman–Crippen MR) is 89.2 cm³/mol. The van der Waals surface area contributed by atoms with Gasteiger partial charge in [-0.1, -0.05) is 18.2 Å². The molecule has 22 heavy (non-hydrogen) atoms. The summed E-state index contributed by atoms with van der Waals surface area (Å²) in [5, 5.41) is 3.34. The normalized spacial score (nSPS) is 22.9. The van der Waals surface area contributed by atoms with Gasteiger partial charge < -0.3 is 15.8 Å². The van der Waals surface area contributed by atoms with Crippen LogP contribution in [0.2, 0.25) is 0 Å². The number of nitrogens with zero attached hydrogens (tertiary/aromatic N) is 2. The van der Waals surface area contributed by atoms with Gasteiger partial charge in [-0.25, -0.2) is 0 Å². The van der Waals surface area contributed by atoms with Gasteiger partial charge in [0.15, 0.2) is 5.96 Å². The van der Waals surface area contributed by atoms with Crippen molar-refractivity contribution in [2.75, 3.05) is 20.2 Å². The molecule has 1 aromatic rings. The van der Waals surface area contributed by atoms with Crippen molar-refractivity contribution in [3.63, 3.8) is 0 Å². The number of fused-ring (bicyclic) bond motifs is 1. The minimum absolute atomic E-state index is 0.185. The zero-order valence-electron chi connectivity index (χ0n) is 13.5. The van der Waals surface area contributed by atoms with E-state index in [0.29, 0.717) is 18.6 Å². The van der Waals surface area contributed by atoms with Crippen molar-refractivity contribution in [3.05, 3.63) is 29.8 Å². The predicted octanol–water partition coefficient (Wildman–Crippen LogP) is 1.90. The second kappa shape index (κ2) is 6.57. The molecule has 1 aromatic carbocycles. The molecule has 0 spiro atoms. The summed E-state index contributed by atoms with van der Waals surface area (Å²) in [6, 6.07) is 9.48. The van der Waals surface area contributed by atoms with Crippen LogP contribution in [0.4, 0.5) is 0 Å². The average molecular weight is 302 g/mol. The fourth-order valence-corrected chi connectivity index (χ4v) is 2.92. The minimum atomic E-state index is 0.185. The van der Waals surface area contributed by atoms with Crippen molar-refractivity contribution < 1.29 is 4.74 Å². The second-order valence-corrected chi connectivity index (χ2v) is 6.34. The van der Waals surface area contributed by atoms with Gasteiger partial charge in [0.2, 0.25) is 0 Å². The maximum Gasteiger partial charge on any atom is 0.189 e. The van der Waals surface area contributed by atoms with Crippen LogP contribution in [-0.4, -0.2) is 43.1 Å². The fraction of sp³-hybridized carbons (Fsp3) is 0.588. The molecule has 3 rings (SSSR count). The largest absolute Gasteiger partial charge is 0.493 e. The molecular weight excluding hydrogens is 276 g/mol. The molecule has 0 bridgehead atoms. The van der Waals surface area contributed by atoms with Crippen molar-refractivity contribution >= 4 is 5.96 Å². The number of likely N-dealkylation sites (N-methyl/N-ethyl adjacent to an activating group) is 1. The Bertz CT molecular complexity index is 541. The highest BCUT2D eigenvalue weighted by Crippen LogP contribution is 2.31. The van der Waals surface area contributed by atoms with Gasteiger partial charge in [0.05, 0.1) is 19.2 Å². The minimum Gasteiger partial charge on any atom is -0.493 e. The number of benzene rings is 1. The molecule has 0 radical (unpaired) electrons. The molecule has 0 aromatic heterocycles. The lowest BCUT2D eigenvalue weighted by Crippen LogP contribution is -2.39. The molecule has 1 aliphatic carbocycles. The fourth-order valence-electron chi connectivity index (χ4n) is 2.92. The van der Waals surface area contributed by atoms with Gasteiger partial charge in [-0.3, -0.25) is 9.89 Å². The Labute approximate surface area is 132 Å². The summed E-state index contributed by atoms with van der Waals surface area (Å²) in [5.74, 6) is 1.47. The van der Waals surface area contributed by atoms with Crippen LogP contribution in [0, 0.1) is 0 Å². The van der Waals surface area contributed by atoms with Crippen molar-refractivity contribution in [1.29, 1.82) is 0 Å². The van der Waals surface area contributed by atoms with Gasteiger partial charge in [0.25, 0.3) is 0 Å². The maximum atomic E-state index is 6.08. The number of hydrogen-bond donors (Lipinski definition) is 2. The van der Waals surface area contributed by atoms with E-state index in [2.05, 4.69) is 35.2 Å². The Morgan fingerprint density at radius 3 is 2.95 bits per heavy atom. The Balaban J connectivity index is 1.57. The van der Waals surface area contributed by atoms with E-state index >= 15 is 0 Å². The van der Waals surface area contributed by atoms with E-state index in [-0.39, 0.29) is 6.04 Å². The molecule has 1 heterocycles. The van der Waals surface area contributed by atoms with Gasteiger partial charge in [-0.05, 0) is 32.9 Å². The van der Waals surface area contributed by atoms with Crippen molar-refractivity contribution in [1.82, 2.24) is 10.2 Å². The van der Waals surface area contributed by atoms with Crippen LogP contribution in [0.5, 0.6) is 5.75 Å². The standard InChI is InChI=1S/C17H26N4O/c1-12(21(2)13-7-8-13)11-19-17(18)20-15-9-10-22-16-6-4-3-5-14(15)16/h3-6,12-13,15H,7-11H2,1-2H3,(H3,18,19,20). The average Bonchev–Trinajstić information content (AvgIpc) is 3.37. The number of rotatable bonds is 5. The van der Waals surface area contributed by atoms with E-state index in [0.717, 1.165) is 30.3 Å². The highest BCUT2D eigenvalue weighted by atomic mass is 16.5. The molecule has 1 saturated carbocycles. The van der Waals surface area contributed by atoms with Gasteiger partial charge in [-0.2, -0.15) is 0 Å². The Kier molecular flexibility index (Phi) is 4.52. The third-order valence-electron chi connectivity index (χ3n) is 4.62. The quantitative estimate of drug-likeness (QED) is 0.644. The molecule has 0 saturated heterocycles. The Hall–Kier alpha value is -1.75. The number of para-hydroxylation sites is 1. The Morgan fingerprint density at radius 1 is 1.41 bits per heavy atom. The van der Waals surface area contributed by atoms with Gasteiger partial charge >= 0.3 is 0 Å². The lowest BCUT2D eigenvalue weighted by molar-refractivity contribution is 0.252. The molecule has 0 amide bonds. The highest BCUT2D eigenvalue weighted by molar-refractivity contribution is 5.78. The summed E-state index contributed by atoms with van der Waals surface area (Å²) < 4.78 is 5.67. The molecule has 2 aliphatic rings. The number of nitrogens with one attached hydrogen (secondary N) is 1. The number of guanidine groups is 1. The smallest absolute Gasteiger partial charge is 0.189 e. The summed E-state index contributed by atoms with van der Waals surface area (Å²) in [7, 11) is 2.18. The molecular formula is C17H26N4O. The summed E-state index contributed by atoms with van der Waals surface area (Å²) in [5.41, 5.74) is 7.24. The molecule has 2 unspecified atom stereocenters. The third kappa shape index (κ3) is 3.53. The number of ether oxygens (including phenoxy) is 1. The molecule has 1 fully saturated rings. The first-order valence-corrected chi connectivity index (χ1v) is 8.15. The van der Waals surface area contributed by atoms with E-state index in [4.69, 9.17) is 10.5 Å². The monoisotopic (exact) mass is 302 g/mol. The number of nitrogens with two attached hydrogens (primary N) is 1. The van der Waals surface area contributed by atoms with E-state index in [1.807, 2.05) is 18.2 Å². The van der Waals surface area contributed by atoms with Crippen molar-refractivity contribution in [3.8, 4) is 5.75 Å². The lowest BCUT2D eigenvalue weighted by Gasteiger charge is -2.27. The van der Waals surface area contributed by atoms with Crippen molar-refractivity contribution in [2.24, 2.45) is 10.7 Å². The topological polar surface area (TPSA) is 62.9 Å². The third-order valence-corrected chi connectivity index (χ3v) is 4.62.